The SMILES string of the molecule is COCOc1c(/C=N\NP(=O)(OC(C)C)OC(C)C)cc2ccccc2c1-c1c(OCOC)c(/C=N/NP(=O)(OC(C)C)OC(C)C)cc2ccccc12. The van der Waals surface area contributed by atoms with Crippen molar-refractivity contribution in [3.05, 3.63) is 71.8 Å². The van der Waals surface area contributed by atoms with Crippen LogP contribution in [-0.4, -0.2) is 64.7 Å². The summed E-state index contributed by atoms with van der Waals surface area (Å²) in [5.41, 5.74) is 2.34. The van der Waals surface area contributed by atoms with Crippen LogP contribution < -0.4 is 19.9 Å². The summed E-state index contributed by atoms with van der Waals surface area (Å²) in [4.78, 5) is 0. The number of nitrogens with zero attached hydrogens (tertiary/aromatic N) is 2. The highest BCUT2D eigenvalue weighted by Gasteiger charge is 2.29. The van der Waals surface area contributed by atoms with Gasteiger partial charge in [0.1, 0.15) is 11.5 Å². The highest BCUT2D eigenvalue weighted by molar-refractivity contribution is 7.51. The summed E-state index contributed by atoms with van der Waals surface area (Å²) in [5.74, 6) is 0.788. The Balaban J connectivity index is 2.02. The molecule has 0 aromatic heterocycles. The highest BCUT2D eigenvalue weighted by Crippen LogP contribution is 2.50. The number of methoxy groups -OCH3 is 2. The lowest BCUT2D eigenvalue weighted by atomic mass is 9.89. The highest BCUT2D eigenvalue weighted by atomic mass is 31.2. The van der Waals surface area contributed by atoms with Crippen LogP contribution in [0.2, 0.25) is 0 Å². The maximum atomic E-state index is 13.6. The first-order valence-corrected chi connectivity index (χ1v) is 20.7. The first-order chi connectivity index (χ1) is 25.7. The second-order valence-electron chi connectivity index (χ2n) is 13.2. The first kappa shape index (κ1) is 42.9. The summed E-state index contributed by atoms with van der Waals surface area (Å²) in [5, 5.41) is 17.3. The summed E-state index contributed by atoms with van der Waals surface area (Å²) in [6.07, 6.45) is 1.41. The normalized spacial score (nSPS) is 12.8. The molecule has 4 aromatic rings. The number of ether oxygens (including phenoxy) is 4. The molecular formula is C38H52N4O10P2. The molecule has 0 heterocycles. The fraction of sp³-hybridized carbons (Fsp3) is 0.421. The van der Waals surface area contributed by atoms with Crippen molar-refractivity contribution in [3.8, 4) is 22.6 Å². The van der Waals surface area contributed by atoms with Gasteiger partial charge in [-0.3, -0.25) is 18.1 Å². The third-order valence-corrected chi connectivity index (χ3v) is 10.6. The van der Waals surface area contributed by atoms with E-state index < -0.39 is 39.9 Å². The van der Waals surface area contributed by atoms with Crippen molar-refractivity contribution in [3.63, 3.8) is 0 Å². The smallest absolute Gasteiger partial charge is 0.448 e. The van der Waals surface area contributed by atoms with E-state index in [9.17, 15) is 9.13 Å². The van der Waals surface area contributed by atoms with Crippen LogP contribution in [0.25, 0.3) is 32.7 Å². The summed E-state index contributed by atoms with van der Waals surface area (Å²) >= 11 is 0. The number of rotatable bonds is 21. The first-order valence-electron chi connectivity index (χ1n) is 17.6. The number of hydrogen-bond donors (Lipinski definition) is 2. The fourth-order valence-corrected chi connectivity index (χ4v) is 8.43. The molecule has 0 spiro atoms. The van der Waals surface area contributed by atoms with Crippen molar-refractivity contribution in [2.75, 3.05) is 27.8 Å². The molecule has 0 radical (unpaired) electrons. The average molecular weight is 787 g/mol. The number of nitrogens with one attached hydrogen (secondary N) is 2. The lowest BCUT2D eigenvalue weighted by molar-refractivity contribution is 0.0501. The van der Waals surface area contributed by atoms with Crippen LogP contribution in [0, 0.1) is 0 Å². The molecule has 0 aliphatic heterocycles. The quantitative estimate of drug-likeness (QED) is 0.0358. The van der Waals surface area contributed by atoms with Crippen LogP contribution >= 0.6 is 15.5 Å². The van der Waals surface area contributed by atoms with E-state index in [1.54, 1.807) is 55.4 Å². The number of fused-ring (bicyclic) bond motifs is 2. The molecule has 0 amide bonds. The molecule has 16 heteroatoms. The zero-order valence-electron chi connectivity index (χ0n) is 32.5. The molecule has 0 aliphatic rings. The van der Waals surface area contributed by atoms with Gasteiger partial charge in [-0.2, -0.15) is 10.2 Å². The van der Waals surface area contributed by atoms with E-state index in [1.807, 2.05) is 60.7 Å². The predicted molar refractivity (Wildman–Crippen MR) is 213 cm³/mol. The lowest BCUT2D eigenvalue weighted by Gasteiger charge is -2.23. The molecule has 4 rings (SSSR count). The van der Waals surface area contributed by atoms with E-state index in [0.29, 0.717) is 33.8 Å². The van der Waals surface area contributed by atoms with E-state index >= 15 is 0 Å². The van der Waals surface area contributed by atoms with Crippen molar-refractivity contribution in [2.45, 2.75) is 79.8 Å². The molecule has 4 aromatic carbocycles. The average Bonchev–Trinajstić information content (AvgIpc) is 3.07. The van der Waals surface area contributed by atoms with Crippen LogP contribution in [0.5, 0.6) is 11.5 Å². The maximum Gasteiger partial charge on any atom is 0.448 e. The van der Waals surface area contributed by atoms with E-state index in [2.05, 4.69) is 20.6 Å². The van der Waals surface area contributed by atoms with Gasteiger partial charge in [0.15, 0.2) is 13.6 Å². The van der Waals surface area contributed by atoms with Crippen molar-refractivity contribution < 1.29 is 46.2 Å². The molecule has 0 fully saturated rings. The Morgan fingerprint density at radius 1 is 0.574 bits per heavy atom. The van der Waals surface area contributed by atoms with Gasteiger partial charge < -0.3 is 18.9 Å². The third-order valence-electron chi connectivity index (χ3n) is 7.12. The molecule has 294 valence electrons. The van der Waals surface area contributed by atoms with Crippen LogP contribution in [0.15, 0.2) is 70.9 Å². The Labute approximate surface area is 317 Å². The van der Waals surface area contributed by atoms with Gasteiger partial charge in [0, 0.05) is 36.5 Å². The monoisotopic (exact) mass is 786 g/mol. The molecule has 0 atom stereocenters. The van der Waals surface area contributed by atoms with Crippen molar-refractivity contribution in [1.82, 2.24) is 10.4 Å². The van der Waals surface area contributed by atoms with Gasteiger partial charge in [-0.25, -0.2) is 19.5 Å². The molecular weight excluding hydrogens is 734 g/mol. The molecule has 0 saturated heterocycles. The molecule has 14 nitrogen and oxygen atoms in total. The van der Waals surface area contributed by atoms with Crippen molar-refractivity contribution in [2.24, 2.45) is 10.2 Å². The minimum Gasteiger partial charge on any atom is -0.466 e. The van der Waals surface area contributed by atoms with Gasteiger partial charge in [0.2, 0.25) is 0 Å². The second kappa shape index (κ2) is 19.7. The van der Waals surface area contributed by atoms with Crippen LogP contribution in [-0.2, 0) is 36.7 Å². The fourth-order valence-electron chi connectivity index (χ4n) is 5.53. The van der Waals surface area contributed by atoms with Gasteiger partial charge >= 0.3 is 15.5 Å². The topological polar surface area (TPSA) is 157 Å². The zero-order valence-corrected chi connectivity index (χ0v) is 34.3. The van der Waals surface area contributed by atoms with E-state index in [1.165, 1.54) is 26.6 Å². The molecule has 0 aliphatic carbocycles. The van der Waals surface area contributed by atoms with Gasteiger partial charge in [-0.15, -0.1) is 0 Å². The van der Waals surface area contributed by atoms with Crippen molar-refractivity contribution in [1.29, 1.82) is 0 Å². The number of hydrogen-bond acceptors (Lipinski definition) is 12. The Morgan fingerprint density at radius 2 is 0.907 bits per heavy atom. The summed E-state index contributed by atoms with van der Waals surface area (Å²) < 4.78 is 73.2. The maximum absolute atomic E-state index is 13.6. The van der Waals surface area contributed by atoms with Gasteiger partial charge in [-0.05, 0) is 89.1 Å². The third kappa shape index (κ3) is 11.6. The van der Waals surface area contributed by atoms with Gasteiger partial charge in [-0.1, -0.05) is 48.5 Å². The van der Waals surface area contributed by atoms with Gasteiger partial charge in [0.25, 0.3) is 0 Å². The minimum atomic E-state index is -3.83. The Bertz CT molecular complexity index is 1850. The summed E-state index contributed by atoms with van der Waals surface area (Å²) in [6, 6.07) is 19.4. The molecule has 0 saturated carbocycles. The predicted octanol–water partition coefficient (Wildman–Crippen LogP) is 9.39. The minimum absolute atomic E-state index is 0.108. The number of hydrazone groups is 2. The van der Waals surface area contributed by atoms with Crippen LogP contribution in [0.4, 0.5) is 0 Å². The summed E-state index contributed by atoms with van der Waals surface area (Å²) in [6.45, 7) is 13.8. The standard InChI is InChI=1S/C38H52N4O10P2/c1-25(2)49-53(43,50-26(3)4)41-39-21-31-19-29-15-11-13-17-33(29)35(37(31)47-23-45-9)36-34-18-14-12-16-30(34)20-32(38(36)48-24-46-10)22-40-42-54(44,51-27(5)6)52-28(7)8/h11-22,25-28H,23-24H2,1-10H3,(H,41,43)(H,42,44)/b39-21-,40-22+. The van der Waals surface area contributed by atoms with Gasteiger partial charge in [0.05, 0.1) is 36.8 Å². The van der Waals surface area contributed by atoms with E-state index in [4.69, 9.17) is 37.0 Å². The zero-order chi connectivity index (χ0) is 39.5. The lowest BCUT2D eigenvalue weighted by Crippen LogP contribution is -2.16. The van der Waals surface area contributed by atoms with E-state index in [0.717, 1.165) is 21.5 Å². The summed E-state index contributed by atoms with van der Waals surface area (Å²) in [7, 11) is -4.61. The Morgan fingerprint density at radius 3 is 1.22 bits per heavy atom. The molecule has 0 bridgehead atoms. The number of benzene rings is 4. The van der Waals surface area contributed by atoms with Crippen LogP contribution in [0.1, 0.15) is 66.5 Å². The van der Waals surface area contributed by atoms with Crippen LogP contribution in [0.3, 0.4) is 0 Å². The van der Waals surface area contributed by atoms with E-state index in [-0.39, 0.29) is 13.6 Å². The molecule has 0 unspecified atom stereocenters. The Hall–Kier alpha value is -3.84. The molecule has 54 heavy (non-hydrogen) atoms. The second-order valence-corrected chi connectivity index (χ2v) is 16.4. The van der Waals surface area contributed by atoms with Crippen molar-refractivity contribution >= 4 is 49.5 Å². The molecule has 2 N–H and O–H groups in total. The largest absolute Gasteiger partial charge is 0.466 e. The Kier molecular flexibility index (Phi) is 15.6.